The number of fused-ring (bicyclic) bond motifs is 1. The topological polar surface area (TPSA) is 70.1 Å². The first kappa shape index (κ1) is 29.3. The second-order valence-corrected chi connectivity index (χ2v) is 11.3. The summed E-state index contributed by atoms with van der Waals surface area (Å²) in [5.74, 6) is -1.40. The molecule has 0 bridgehead atoms. The summed E-state index contributed by atoms with van der Waals surface area (Å²) in [5.41, 5.74) is -4.92. The Balaban J connectivity index is 2.19. The van der Waals surface area contributed by atoms with Crippen molar-refractivity contribution in [3.05, 3.63) is 23.3 Å². The molecule has 208 valence electrons. The number of alkyl halides is 3. The van der Waals surface area contributed by atoms with E-state index in [0.29, 0.717) is 6.42 Å². The molecule has 9 heteroatoms. The molecular weight excluding hydrogens is 485 g/mol. The number of carbonyl (C=O) groups excluding carboxylic acids is 2. The van der Waals surface area contributed by atoms with Crippen molar-refractivity contribution in [2.75, 3.05) is 11.4 Å². The van der Waals surface area contributed by atoms with Crippen LogP contribution in [0.5, 0.6) is 5.75 Å². The zero-order chi connectivity index (χ0) is 27.8. The summed E-state index contributed by atoms with van der Waals surface area (Å²) in [4.78, 5) is 30.4. The highest BCUT2D eigenvalue weighted by atomic mass is 19.4. The van der Waals surface area contributed by atoms with Gasteiger partial charge in [-0.3, -0.25) is 9.59 Å². The van der Waals surface area contributed by atoms with Crippen molar-refractivity contribution in [1.82, 2.24) is 4.90 Å². The average molecular weight is 527 g/mol. The number of aliphatic hydroxyl groups is 1. The number of amides is 2. The molecule has 6 nitrogen and oxygen atoms in total. The van der Waals surface area contributed by atoms with Crippen LogP contribution in [-0.4, -0.2) is 51.7 Å². The van der Waals surface area contributed by atoms with Gasteiger partial charge in [-0.25, -0.2) is 0 Å². The number of nitrogens with zero attached hydrogens (tertiary/aromatic N) is 2. The molecule has 1 heterocycles. The van der Waals surface area contributed by atoms with Crippen LogP contribution in [0, 0.1) is 0 Å². The monoisotopic (exact) mass is 526 g/mol. The summed E-state index contributed by atoms with van der Waals surface area (Å²) < 4.78 is 49.0. The number of benzene rings is 1. The molecule has 1 atom stereocenters. The second-order valence-electron chi connectivity index (χ2n) is 11.3. The molecule has 2 aliphatic rings. The Labute approximate surface area is 218 Å². The molecular formula is C28H41F3N2O4. The first-order valence-corrected chi connectivity index (χ1v) is 13.4. The molecule has 0 spiro atoms. The van der Waals surface area contributed by atoms with Crippen LogP contribution in [0.15, 0.2) is 12.1 Å². The highest BCUT2D eigenvalue weighted by molar-refractivity contribution is 6.06. The van der Waals surface area contributed by atoms with Gasteiger partial charge >= 0.3 is 6.18 Å². The molecule has 0 radical (unpaired) electrons. The fourth-order valence-corrected chi connectivity index (χ4v) is 5.35. The van der Waals surface area contributed by atoms with Gasteiger partial charge in [-0.1, -0.05) is 39.0 Å². The number of anilines is 1. The molecule has 1 fully saturated rings. The van der Waals surface area contributed by atoms with Crippen molar-refractivity contribution in [3.8, 4) is 5.75 Å². The lowest BCUT2D eigenvalue weighted by Crippen LogP contribution is -2.65. The maximum atomic E-state index is 14.4. The van der Waals surface area contributed by atoms with E-state index in [2.05, 4.69) is 0 Å². The predicted molar refractivity (Wildman–Crippen MR) is 137 cm³/mol. The largest absolute Gasteiger partial charge is 0.472 e. The number of carbonyl (C=O) groups is 2. The Bertz CT molecular complexity index is 996. The average Bonchev–Trinajstić information content (AvgIpc) is 2.80. The first-order valence-electron chi connectivity index (χ1n) is 13.4. The Kier molecular flexibility index (Phi) is 8.57. The number of hydrogen-bond acceptors (Lipinski definition) is 4. The predicted octanol–water partition coefficient (Wildman–Crippen LogP) is 6.33. The molecule has 1 aromatic rings. The van der Waals surface area contributed by atoms with E-state index in [0.717, 1.165) is 51.0 Å². The van der Waals surface area contributed by atoms with Gasteiger partial charge < -0.3 is 19.6 Å². The van der Waals surface area contributed by atoms with Crippen molar-refractivity contribution in [2.45, 2.75) is 122 Å². The Morgan fingerprint density at radius 3 is 2.32 bits per heavy atom. The Morgan fingerprint density at radius 1 is 1.19 bits per heavy atom. The molecule has 1 aromatic carbocycles. The number of rotatable bonds is 8. The lowest BCUT2D eigenvalue weighted by molar-refractivity contribution is -0.157. The molecule has 0 aromatic heterocycles. The molecule has 2 amide bonds. The quantitative estimate of drug-likeness (QED) is 0.402. The van der Waals surface area contributed by atoms with E-state index in [1.165, 1.54) is 31.7 Å². The number of ether oxygens (including phenoxy) is 1. The van der Waals surface area contributed by atoms with Crippen LogP contribution < -0.4 is 9.64 Å². The first-order chi connectivity index (χ1) is 17.1. The van der Waals surface area contributed by atoms with Gasteiger partial charge in [0.2, 0.25) is 5.60 Å². The maximum Gasteiger partial charge on any atom is 0.417 e. The highest BCUT2D eigenvalue weighted by Crippen LogP contribution is 2.46. The van der Waals surface area contributed by atoms with Gasteiger partial charge in [-0.05, 0) is 66.0 Å². The zero-order valence-corrected chi connectivity index (χ0v) is 22.9. The van der Waals surface area contributed by atoms with Crippen molar-refractivity contribution in [1.29, 1.82) is 0 Å². The minimum atomic E-state index is -4.82. The van der Waals surface area contributed by atoms with Crippen LogP contribution in [-0.2, 0) is 11.0 Å². The highest BCUT2D eigenvalue weighted by Gasteiger charge is 2.55. The molecule has 0 saturated heterocycles. The van der Waals surface area contributed by atoms with Crippen LogP contribution in [0.1, 0.15) is 109 Å². The summed E-state index contributed by atoms with van der Waals surface area (Å²) in [6.07, 6.45) is 1.92. The van der Waals surface area contributed by atoms with Gasteiger partial charge in [0.1, 0.15) is 11.4 Å². The normalized spacial score (nSPS) is 21.2. The lowest BCUT2D eigenvalue weighted by Gasteiger charge is -2.46. The van der Waals surface area contributed by atoms with Gasteiger partial charge in [0.05, 0.1) is 16.8 Å². The molecule has 37 heavy (non-hydrogen) atoms. The van der Waals surface area contributed by atoms with Crippen LogP contribution in [0.3, 0.4) is 0 Å². The fourth-order valence-electron chi connectivity index (χ4n) is 5.35. The lowest BCUT2D eigenvalue weighted by atomic mass is 9.84. The van der Waals surface area contributed by atoms with E-state index in [-0.39, 0.29) is 30.1 Å². The van der Waals surface area contributed by atoms with Gasteiger partial charge in [0, 0.05) is 18.6 Å². The van der Waals surface area contributed by atoms with E-state index < -0.39 is 40.3 Å². The SMILES string of the molecule is CCCCCN1C(=O)C(C)(C(C)(C)O)Oc2cc(C(F)(F)F)c(C(=O)N(C(C)C)C3CCCCC3)cc21. The van der Waals surface area contributed by atoms with Crippen molar-refractivity contribution in [2.24, 2.45) is 0 Å². The van der Waals surface area contributed by atoms with Gasteiger partial charge in [0.25, 0.3) is 11.8 Å². The minimum absolute atomic E-state index is 0.129. The van der Waals surface area contributed by atoms with Gasteiger partial charge in [-0.2, -0.15) is 13.2 Å². The standard InChI is InChI=1S/C28H41F3N2O4/c1-7-8-12-15-32-22-16-20(24(34)33(18(2)3)19-13-10-9-11-14-19)21(28(29,30)31)17-23(22)37-27(6,25(32)35)26(4,5)36/h16-19,36H,7-15H2,1-6H3. The molecule has 1 N–H and O–H groups in total. The van der Waals surface area contributed by atoms with Crippen molar-refractivity contribution >= 4 is 17.5 Å². The van der Waals surface area contributed by atoms with Crippen LogP contribution in [0.25, 0.3) is 0 Å². The van der Waals surface area contributed by atoms with Crippen LogP contribution in [0.2, 0.25) is 0 Å². The Hall–Kier alpha value is -2.29. The van der Waals surface area contributed by atoms with E-state index in [1.54, 1.807) is 4.90 Å². The second kappa shape index (κ2) is 10.8. The van der Waals surface area contributed by atoms with Gasteiger partial charge in [-0.15, -0.1) is 0 Å². The Morgan fingerprint density at radius 2 is 1.81 bits per heavy atom. The summed E-state index contributed by atoms with van der Waals surface area (Å²) in [6, 6.07) is 1.58. The van der Waals surface area contributed by atoms with Gasteiger partial charge in [0.15, 0.2) is 0 Å². The third-order valence-corrected chi connectivity index (χ3v) is 7.80. The number of hydrogen-bond donors (Lipinski definition) is 1. The fraction of sp³-hybridized carbons (Fsp3) is 0.714. The van der Waals surface area contributed by atoms with Crippen LogP contribution >= 0.6 is 0 Å². The maximum absolute atomic E-state index is 14.4. The number of unbranched alkanes of at least 4 members (excludes halogenated alkanes) is 2. The van der Waals surface area contributed by atoms with Crippen molar-refractivity contribution in [3.63, 3.8) is 0 Å². The van der Waals surface area contributed by atoms with E-state index in [1.807, 2.05) is 20.8 Å². The zero-order valence-electron chi connectivity index (χ0n) is 22.9. The van der Waals surface area contributed by atoms with Crippen LogP contribution in [0.4, 0.5) is 18.9 Å². The smallest absolute Gasteiger partial charge is 0.417 e. The molecule has 1 aliphatic carbocycles. The molecule has 1 saturated carbocycles. The van der Waals surface area contributed by atoms with E-state index in [9.17, 15) is 27.9 Å². The molecule has 3 rings (SSSR count). The third kappa shape index (κ3) is 5.76. The third-order valence-electron chi connectivity index (χ3n) is 7.80. The number of halogens is 3. The van der Waals surface area contributed by atoms with E-state index in [4.69, 9.17) is 4.74 Å². The summed E-state index contributed by atoms with van der Waals surface area (Å²) >= 11 is 0. The molecule has 1 aliphatic heterocycles. The minimum Gasteiger partial charge on any atom is -0.472 e. The molecule has 1 unspecified atom stereocenters. The van der Waals surface area contributed by atoms with Crippen molar-refractivity contribution < 1.29 is 32.6 Å². The summed E-state index contributed by atoms with van der Waals surface area (Å²) in [5, 5.41) is 10.8. The summed E-state index contributed by atoms with van der Waals surface area (Å²) in [7, 11) is 0. The van der Waals surface area contributed by atoms with E-state index >= 15 is 0 Å². The summed E-state index contributed by atoms with van der Waals surface area (Å²) in [6.45, 7) is 10.1.